The number of nitriles is 6. The van der Waals surface area contributed by atoms with Gasteiger partial charge in [0.25, 0.3) is 0 Å². The number of allylic oxidation sites excluding steroid dienone is 3. The van der Waals surface area contributed by atoms with Crippen molar-refractivity contribution in [3.8, 4) is 70.9 Å². The molecule has 3 aromatic rings. The first-order valence-electron chi connectivity index (χ1n) is 11.1. The molecule has 42 heavy (non-hydrogen) atoms. The van der Waals surface area contributed by atoms with E-state index in [1.54, 1.807) is 36.4 Å². The molecule has 0 radical (unpaired) electrons. The Kier molecular flexibility index (Phi) is 12.8. The van der Waals surface area contributed by atoms with Crippen LogP contribution in [0.25, 0.3) is 18.2 Å². The van der Waals surface area contributed by atoms with Gasteiger partial charge in [-0.3, -0.25) is 0 Å². The average Bonchev–Trinajstić information content (AvgIpc) is 2.99. The Balaban J connectivity index is 0.000000315. The summed E-state index contributed by atoms with van der Waals surface area (Å²) in [6.45, 7) is 0. The van der Waals surface area contributed by atoms with Crippen molar-refractivity contribution in [1.29, 1.82) is 31.6 Å². The van der Waals surface area contributed by atoms with E-state index in [2.05, 4.69) is 0 Å². The Hall–Kier alpha value is -7.38. The van der Waals surface area contributed by atoms with Gasteiger partial charge >= 0.3 is 0 Å². The minimum Gasteiger partial charge on any atom is -0.504 e. The summed E-state index contributed by atoms with van der Waals surface area (Å²) in [6, 6.07) is 22.3. The van der Waals surface area contributed by atoms with E-state index >= 15 is 0 Å². The predicted octanol–water partition coefficient (Wildman–Crippen LogP) is 4.59. The zero-order chi connectivity index (χ0) is 31.7. The van der Waals surface area contributed by atoms with Gasteiger partial charge in [0.1, 0.15) is 53.1 Å². The molecule has 204 valence electrons. The SMILES string of the molecule is N#CC(C#N)=Cc1ccc(O)c(O)c1.N#CC(C#N)=Cc1ccc(O)c(O)c1.N#CC(C#N)=Cc1ccc(O)c(O)c1. The first-order valence-corrected chi connectivity index (χ1v) is 11.1. The highest BCUT2D eigenvalue weighted by Gasteiger charge is 2.02. The van der Waals surface area contributed by atoms with Crippen molar-refractivity contribution >= 4 is 18.2 Å². The minimum atomic E-state index is -0.283. The maximum absolute atomic E-state index is 9.11. The van der Waals surface area contributed by atoms with Crippen LogP contribution in [0.3, 0.4) is 0 Å². The summed E-state index contributed by atoms with van der Waals surface area (Å²) in [5.41, 5.74) is 1.27. The summed E-state index contributed by atoms with van der Waals surface area (Å²) < 4.78 is 0. The van der Waals surface area contributed by atoms with Gasteiger partial charge in [0.05, 0.1) is 0 Å². The van der Waals surface area contributed by atoms with Gasteiger partial charge in [-0.15, -0.1) is 0 Å². The zero-order valence-electron chi connectivity index (χ0n) is 21.3. The van der Waals surface area contributed by atoms with Gasteiger partial charge in [0, 0.05) is 0 Å². The largest absolute Gasteiger partial charge is 0.504 e. The quantitative estimate of drug-likeness (QED) is 0.190. The topological polar surface area (TPSA) is 264 Å². The molecular weight excluding hydrogens is 540 g/mol. The second kappa shape index (κ2) is 16.5. The van der Waals surface area contributed by atoms with Crippen LogP contribution in [0.2, 0.25) is 0 Å². The molecule has 0 aliphatic heterocycles. The number of benzene rings is 3. The first-order chi connectivity index (χ1) is 20.0. The van der Waals surface area contributed by atoms with E-state index in [-0.39, 0.29) is 51.2 Å². The fraction of sp³-hybridized carbons (Fsp3) is 0. The van der Waals surface area contributed by atoms with E-state index in [1.165, 1.54) is 72.8 Å². The molecule has 0 aliphatic carbocycles. The van der Waals surface area contributed by atoms with Crippen LogP contribution in [-0.2, 0) is 0 Å². The molecule has 0 unspecified atom stereocenters. The van der Waals surface area contributed by atoms with Gasteiger partial charge in [-0.25, -0.2) is 0 Å². The number of hydrogen-bond acceptors (Lipinski definition) is 12. The van der Waals surface area contributed by atoms with Crippen LogP contribution in [0.1, 0.15) is 16.7 Å². The molecule has 6 N–H and O–H groups in total. The Bertz CT molecular complexity index is 1560. The highest BCUT2D eigenvalue weighted by Crippen LogP contribution is 2.27. The normalized spacial score (nSPS) is 8.43. The van der Waals surface area contributed by atoms with Gasteiger partial charge in [-0.05, 0) is 71.3 Å². The van der Waals surface area contributed by atoms with Crippen LogP contribution in [-0.4, -0.2) is 30.6 Å². The lowest BCUT2D eigenvalue weighted by Crippen LogP contribution is -1.76. The summed E-state index contributed by atoms with van der Waals surface area (Å²) in [6.07, 6.45) is 3.96. The molecular formula is C30H18N6O6. The summed E-state index contributed by atoms with van der Waals surface area (Å²) in [5, 5.41) is 105. The number of phenols is 6. The third kappa shape index (κ3) is 10.5. The maximum atomic E-state index is 9.11. The Labute approximate surface area is 239 Å². The smallest absolute Gasteiger partial charge is 0.157 e. The van der Waals surface area contributed by atoms with E-state index in [0.717, 1.165) is 0 Å². The fourth-order valence-corrected chi connectivity index (χ4v) is 2.66. The lowest BCUT2D eigenvalue weighted by Gasteiger charge is -1.97. The van der Waals surface area contributed by atoms with Crippen LogP contribution >= 0.6 is 0 Å². The Morgan fingerprint density at radius 2 is 0.595 bits per heavy atom. The van der Waals surface area contributed by atoms with Crippen LogP contribution < -0.4 is 0 Å². The number of nitrogens with zero attached hydrogens (tertiary/aromatic N) is 6. The second-order valence-corrected chi connectivity index (χ2v) is 7.59. The second-order valence-electron chi connectivity index (χ2n) is 7.59. The molecule has 0 bridgehead atoms. The fourth-order valence-electron chi connectivity index (χ4n) is 2.66. The van der Waals surface area contributed by atoms with E-state index in [1.807, 2.05) is 0 Å². The Morgan fingerprint density at radius 1 is 0.381 bits per heavy atom. The van der Waals surface area contributed by atoms with Gasteiger partial charge in [0.15, 0.2) is 34.5 Å². The number of rotatable bonds is 3. The molecule has 0 atom stereocenters. The molecule has 0 aliphatic rings. The summed E-state index contributed by atoms with van der Waals surface area (Å²) in [5.74, 6) is -1.57. The van der Waals surface area contributed by atoms with Crippen molar-refractivity contribution in [2.75, 3.05) is 0 Å². The zero-order valence-corrected chi connectivity index (χ0v) is 21.3. The number of hydrogen-bond donors (Lipinski definition) is 6. The first kappa shape index (κ1) is 32.6. The van der Waals surface area contributed by atoms with Gasteiger partial charge in [0.2, 0.25) is 0 Å². The van der Waals surface area contributed by atoms with Crippen molar-refractivity contribution in [1.82, 2.24) is 0 Å². The van der Waals surface area contributed by atoms with Crippen molar-refractivity contribution < 1.29 is 30.6 Å². The monoisotopic (exact) mass is 558 g/mol. The molecule has 0 spiro atoms. The third-order valence-electron chi connectivity index (χ3n) is 4.65. The molecule has 0 heterocycles. The van der Waals surface area contributed by atoms with Crippen molar-refractivity contribution in [2.45, 2.75) is 0 Å². The minimum absolute atomic E-state index is 0.0601. The molecule has 0 fully saturated rings. The van der Waals surface area contributed by atoms with Crippen molar-refractivity contribution in [3.05, 3.63) is 88.0 Å². The standard InChI is InChI=1S/3C10H6N2O2/c3*11-5-8(6-12)3-7-1-2-9(13)10(14)4-7/h3*1-4,13-14H. The van der Waals surface area contributed by atoms with Crippen LogP contribution in [0, 0.1) is 68.0 Å². The number of phenolic OH excluding ortho intramolecular Hbond substituents is 6. The molecule has 0 saturated heterocycles. The molecule has 0 saturated carbocycles. The molecule has 0 aromatic heterocycles. The van der Waals surface area contributed by atoms with Crippen molar-refractivity contribution in [2.24, 2.45) is 0 Å². The maximum Gasteiger partial charge on any atom is 0.157 e. The van der Waals surface area contributed by atoms with Gasteiger partial charge in [-0.1, -0.05) is 18.2 Å². The number of aromatic hydroxyl groups is 6. The van der Waals surface area contributed by atoms with Crippen LogP contribution in [0.15, 0.2) is 71.3 Å². The molecule has 3 aromatic carbocycles. The summed E-state index contributed by atoms with van der Waals surface area (Å²) >= 11 is 0. The lowest BCUT2D eigenvalue weighted by molar-refractivity contribution is 0.403. The van der Waals surface area contributed by atoms with E-state index in [4.69, 9.17) is 62.2 Å². The predicted molar refractivity (Wildman–Crippen MR) is 147 cm³/mol. The van der Waals surface area contributed by atoms with Crippen LogP contribution in [0.4, 0.5) is 0 Å². The van der Waals surface area contributed by atoms with Gasteiger partial charge < -0.3 is 30.6 Å². The Morgan fingerprint density at radius 3 is 0.762 bits per heavy atom. The van der Waals surface area contributed by atoms with Crippen molar-refractivity contribution in [3.63, 3.8) is 0 Å². The van der Waals surface area contributed by atoms with E-state index in [9.17, 15) is 0 Å². The third-order valence-corrected chi connectivity index (χ3v) is 4.65. The summed E-state index contributed by atoms with van der Waals surface area (Å²) in [4.78, 5) is 0. The molecule has 0 amide bonds. The molecule has 12 heteroatoms. The van der Waals surface area contributed by atoms with E-state index < -0.39 is 0 Å². The molecule has 12 nitrogen and oxygen atoms in total. The molecule has 3 rings (SSSR count). The lowest BCUT2D eigenvalue weighted by atomic mass is 10.1. The van der Waals surface area contributed by atoms with E-state index in [0.29, 0.717) is 16.7 Å². The summed E-state index contributed by atoms with van der Waals surface area (Å²) in [7, 11) is 0. The highest BCUT2D eigenvalue weighted by atomic mass is 16.3. The van der Waals surface area contributed by atoms with Gasteiger partial charge in [-0.2, -0.15) is 31.6 Å². The highest BCUT2D eigenvalue weighted by molar-refractivity contribution is 5.65. The van der Waals surface area contributed by atoms with Crippen LogP contribution in [0.5, 0.6) is 34.5 Å². The average molecular weight is 559 g/mol.